The fourth-order valence-electron chi connectivity index (χ4n) is 2.31. The lowest BCUT2D eigenvalue weighted by molar-refractivity contribution is -0.122. The Morgan fingerprint density at radius 2 is 1.76 bits per heavy atom. The third-order valence-corrected chi connectivity index (χ3v) is 3.55. The first-order chi connectivity index (χ1) is 10.2. The normalized spacial score (nSPS) is 11.7. The molecule has 0 spiro atoms. The van der Waals surface area contributed by atoms with E-state index in [-0.39, 0.29) is 11.8 Å². The SMILES string of the molecule is CC[C@H](C(=O)NCc1ccc(OC)cc1)c1ccccc1. The quantitative estimate of drug-likeness (QED) is 0.881. The number of hydrogen-bond acceptors (Lipinski definition) is 2. The molecular formula is C18H21NO2. The van der Waals surface area contributed by atoms with Gasteiger partial charge in [-0.2, -0.15) is 0 Å². The second-order valence-corrected chi connectivity index (χ2v) is 4.94. The molecule has 0 fully saturated rings. The number of carbonyl (C=O) groups is 1. The summed E-state index contributed by atoms with van der Waals surface area (Å²) in [6, 6.07) is 17.6. The zero-order valence-corrected chi connectivity index (χ0v) is 12.5. The van der Waals surface area contributed by atoms with Crippen LogP contribution in [0.25, 0.3) is 0 Å². The van der Waals surface area contributed by atoms with Crippen LogP contribution in [0, 0.1) is 0 Å². The first kappa shape index (κ1) is 15.1. The first-order valence-corrected chi connectivity index (χ1v) is 7.20. The van der Waals surface area contributed by atoms with Crippen molar-refractivity contribution in [3.05, 3.63) is 65.7 Å². The van der Waals surface area contributed by atoms with Gasteiger partial charge in [0, 0.05) is 6.54 Å². The second-order valence-electron chi connectivity index (χ2n) is 4.94. The maximum absolute atomic E-state index is 12.3. The van der Waals surface area contributed by atoms with Crippen LogP contribution in [0.3, 0.4) is 0 Å². The Bertz CT molecular complexity index is 564. The maximum atomic E-state index is 12.3. The molecule has 0 heterocycles. The van der Waals surface area contributed by atoms with Crippen molar-refractivity contribution >= 4 is 5.91 Å². The number of hydrogen-bond donors (Lipinski definition) is 1. The van der Waals surface area contributed by atoms with Crippen LogP contribution in [-0.2, 0) is 11.3 Å². The van der Waals surface area contributed by atoms with Crippen molar-refractivity contribution < 1.29 is 9.53 Å². The Morgan fingerprint density at radius 3 is 2.33 bits per heavy atom. The minimum absolute atomic E-state index is 0.0690. The van der Waals surface area contributed by atoms with Gasteiger partial charge >= 0.3 is 0 Å². The Hall–Kier alpha value is -2.29. The minimum atomic E-state index is -0.0931. The maximum Gasteiger partial charge on any atom is 0.227 e. The fourth-order valence-corrected chi connectivity index (χ4v) is 2.31. The van der Waals surface area contributed by atoms with Gasteiger partial charge in [-0.25, -0.2) is 0 Å². The summed E-state index contributed by atoms with van der Waals surface area (Å²) in [6.45, 7) is 2.57. The third-order valence-electron chi connectivity index (χ3n) is 3.55. The number of rotatable bonds is 6. The van der Waals surface area contributed by atoms with Gasteiger partial charge in [0.25, 0.3) is 0 Å². The summed E-state index contributed by atoms with van der Waals surface area (Å²) >= 11 is 0. The summed E-state index contributed by atoms with van der Waals surface area (Å²) in [6.07, 6.45) is 0.790. The Morgan fingerprint density at radius 1 is 1.10 bits per heavy atom. The van der Waals surface area contributed by atoms with Crippen molar-refractivity contribution in [2.75, 3.05) is 7.11 Å². The monoisotopic (exact) mass is 283 g/mol. The minimum Gasteiger partial charge on any atom is -0.497 e. The van der Waals surface area contributed by atoms with E-state index in [1.165, 1.54) is 0 Å². The Labute approximate surface area is 126 Å². The molecule has 3 nitrogen and oxygen atoms in total. The Kier molecular flexibility index (Phi) is 5.38. The van der Waals surface area contributed by atoms with Crippen LogP contribution in [0.4, 0.5) is 0 Å². The van der Waals surface area contributed by atoms with Crippen LogP contribution in [0.5, 0.6) is 5.75 Å². The van der Waals surface area contributed by atoms with E-state index in [0.29, 0.717) is 6.54 Å². The van der Waals surface area contributed by atoms with Crippen LogP contribution in [0.1, 0.15) is 30.4 Å². The summed E-state index contributed by atoms with van der Waals surface area (Å²) in [7, 11) is 1.64. The van der Waals surface area contributed by atoms with Crippen molar-refractivity contribution in [3.63, 3.8) is 0 Å². The molecule has 1 atom stereocenters. The molecule has 1 N–H and O–H groups in total. The van der Waals surface area contributed by atoms with Gasteiger partial charge in [0.05, 0.1) is 13.0 Å². The zero-order chi connectivity index (χ0) is 15.1. The number of carbonyl (C=O) groups excluding carboxylic acids is 1. The smallest absolute Gasteiger partial charge is 0.227 e. The van der Waals surface area contributed by atoms with Gasteiger partial charge in [-0.05, 0) is 29.7 Å². The van der Waals surface area contributed by atoms with E-state index in [1.54, 1.807) is 7.11 Å². The van der Waals surface area contributed by atoms with E-state index in [1.807, 2.05) is 61.5 Å². The lowest BCUT2D eigenvalue weighted by Gasteiger charge is -2.15. The molecule has 0 aliphatic rings. The van der Waals surface area contributed by atoms with Crippen molar-refractivity contribution in [1.82, 2.24) is 5.32 Å². The highest BCUT2D eigenvalue weighted by Crippen LogP contribution is 2.19. The average Bonchev–Trinajstić information content (AvgIpc) is 2.55. The van der Waals surface area contributed by atoms with Gasteiger partial charge in [-0.3, -0.25) is 4.79 Å². The number of nitrogens with one attached hydrogen (secondary N) is 1. The molecule has 0 saturated heterocycles. The molecule has 0 radical (unpaired) electrons. The summed E-state index contributed by atoms with van der Waals surface area (Å²) < 4.78 is 5.12. The molecule has 2 rings (SSSR count). The molecule has 0 aliphatic carbocycles. The number of ether oxygens (including phenoxy) is 1. The van der Waals surface area contributed by atoms with Crippen molar-refractivity contribution in [2.24, 2.45) is 0 Å². The lowest BCUT2D eigenvalue weighted by atomic mass is 9.95. The summed E-state index contributed by atoms with van der Waals surface area (Å²) in [5, 5.41) is 3.01. The van der Waals surface area contributed by atoms with Crippen LogP contribution < -0.4 is 10.1 Å². The van der Waals surface area contributed by atoms with Crippen LogP contribution >= 0.6 is 0 Å². The van der Waals surface area contributed by atoms with Gasteiger partial charge < -0.3 is 10.1 Å². The van der Waals surface area contributed by atoms with Gasteiger partial charge in [0.2, 0.25) is 5.91 Å². The van der Waals surface area contributed by atoms with E-state index < -0.39 is 0 Å². The topological polar surface area (TPSA) is 38.3 Å². The van der Waals surface area contributed by atoms with E-state index in [4.69, 9.17) is 4.74 Å². The van der Waals surface area contributed by atoms with Gasteiger partial charge in [0.15, 0.2) is 0 Å². The zero-order valence-electron chi connectivity index (χ0n) is 12.5. The van der Waals surface area contributed by atoms with Crippen molar-refractivity contribution in [1.29, 1.82) is 0 Å². The van der Waals surface area contributed by atoms with E-state index in [0.717, 1.165) is 23.3 Å². The highest BCUT2D eigenvalue weighted by atomic mass is 16.5. The number of amides is 1. The standard InChI is InChI=1S/C18H21NO2/c1-3-17(15-7-5-4-6-8-15)18(20)19-13-14-9-11-16(21-2)12-10-14/h4-12,17H,3,13H2,1-2H3,(H,19,20)/t17-/m0/s1. The van der Waals surface area contributed by atoms with E-state index in [9.17, 15) is 4.79 Å². The van der Waals surface area contributed by atoms with Crippen LogP contribution in [-0.4, -0.2) is 13.0 Å². The molecular weight excluding hydrogens is 262 g/mol. The highest BCUT2D eigenvalue weighted by molar-refractivity contribution is 5.83. The van der Waals surface area contributed by atoms with Crippen molar-refractivity contribution in [3.8, 4) is 5.75 Å². The molecule has 0 unspecified atom stereocenters. The molecule has 0 bridgehead atoms. The second kappa shape index (κ2) is 7.48. The lowest BCUT2D eigenvalue weighted by Crippen LogP contribution is -2.28. The summed E-state index contributed by atoms with van der Waals surface area (Å²) in [4.78, 5) is 12.3. The van der Waals surface area contributed by atoms with Gasteiger partial charge in [0.1, 0.15) is 5.75 Å². The number of methoxy groups -OCH3 is 1. The predicted octanol–water partition coefficient (Wildman–Crippen LogP) is 3.51. The van der Waals surface area contributed by atoms with Crippen LogP contribution in [0.15, 0.2) is 54.6 Å². The number of benzene rings is 2. The predicted molar refractivity (Wildman–Crippen MR) is 84.3 cm³/mol. The average molecular weight is 283 g/mol. The molecule has 110 valence electrons. The van der Waals surface area contributed by atoms with Crippen LogP contribution in [0.2, 0.25) is 0 Å². The summed E-state index contributed by atoms with van der Waals surface area (Å²) in [5.41, 5.74) is 2.12. The molecule has 2 aromatic rings. The molecule has 21 heavy (non-hydrogen) atoms. The third kappa shape index (κ3) is 4.09. The van der Waals surface area contributed by atoms with E-state index >= 15 is 0 Å². The molecule has 0 aliphatic heterocycles. The van der Waals surface area contributed by atoms with E-state index in [2.05, 4.69) is 5.32 Å². The molecule has 3 heteroatoms. The molecule has 1 amide bonds. The first-order valence-electron chi connectivity index (χ1n) is 7.20. The molecule has 0 saturated carbocycles. The highest BCUT2D eigenvalue weighted by Gasteiger charge is 2.17. The van der Waals surface area contributed by atoms with Gasteiger partial charge in [-0.1, -0.05) is 49.4 Å². The fraction of sp³-hybridized carbons (Fsp3) is 0.278. The molecule has 0 aromatic heterocycles. The molecule has 2 aromatic carbocycles. The largest absolute Gasteiger partial charge is 0.497 e. The van der Waals surface area contributed by atoms with Gasteiger partial charge in [-0.15, -0.1) is 0 Å². The Balaban J connectivity index is 1.96. The summed E-state index contributed by atoms with van der Waals surface area (Å²) in [5.74, 6) is 0.796. The van der Waals surface area contributed by atoms with Crippen molar-refractivity contribution in [2.45, 2.75) is 25.8 Å².